The second-order valence-corrected chi connectivity index (χ2v) is 8.88. The van der Waals surface area contributed by atoms with Crippen molar-refractivity contribution in [2.24, 2.45) is 5.92 Å². The van der Waals surface area contributed by atoms with Crippen LogP contribution in [0.3, 0.4) is 0 Å². The van der Waals surface area contributed by atoms with E-state index in [0.717, 1.165) is 36.6 Å². The molecule has 0 spiro atoms. The number of halogens is 3. The monoisotopic (exact) mass is 444 g/mol. The van der Waals surface area contributed by atoms with Crippen molar-refractivity contribution in [2.75, 3.05) is 0 Å². The molecule has 3 aromatic rings. The maximum atomic E-state index is 13.8. The van der Waals surface area contributed by atoms with E-state index in [0.29, 0.717) is 27.4 Å². The molecule has 1 N–H and O–H groups in total. The topological polar surface area (TPSA) is 42.0 Å². The summed E-state index contributed by atoms with van der Waals surface area (Å²) in [5, 5.41) is 4.82. The molecule has 0 radical (unpaired) electrons. The fraction of sp³-hybridized carbons (Fsp3) is 0.333. The van der Waals surface area contributed by atoms with Crippen molar-refractivity contribution < 1.29 is 9.18 Å². The van der Waals surface area contributed by atoms with E-state index in [-0.39, 0.29) is 17.8 Å². The summed E-state index contributed by atoms with van der Waals surface area (Å²) < 4.78 is 13.8. The van der Waals surface area contributed by atoms with Gasteiger partial charge in [-0.15, -0.1) is 0 Å². The van der Waals surface area contributed by atoms with Crippen LogP contribution in [0.25, 0.3) is 10.9 Å². The number of carbonyl (C=O) groups excluding carboxylic acids is 1. The molecular weight excluding hydrogens is 422 g/mol. The second kappa shape index (κ2) is 8.91. The molecule has 4 rings (SSSR count). The molecular formula is C24H23Cl2FN2O. The van der Waals surface area contributed by atoms with Gasteiger partial charge in [-0.2, -0.15) is 0 Å². The van der Waals surface area contributed by atoms with Crippen LogP contribution in [0, 0.1) is 11.7 Å². The van der Waals surface area contributed by atoms with Crippen molar-refractivity contribution in [1.29, 1.82) is 0 Å². The SMILES string of the molecule is C[C@@H](NC(=O)c1ccc(Cl)c(Cl)c1)[C@H]1CC[C@H](c2ccnc3ccc(F)cc32)CC1. The number of rotatable bonds is 4. The van der Waals surface area contributed by atoms with Crippen molar-refractivity contribution in [3.05, 3.63) is 75.7 Å². The summed E-state index contributed by atoms with van der Waals surface area (Å²) in [6.07, 6.45) is 5.83. The van der Waals surface area contributed by atoms with Gasteiger partial charge in [0.25, 0.3) is 5.91 Å². The molecule has 30 heavy (non-hydrogen) atoms. The summed E-state index contributed by atoms with van der Waals surface area (Å²) in [5.41, 5.74) is 2.51. The predicted octanol–water partition coefficient (Wildman–Crippen LogP) is 6.77. The van der Waals surface area contributed by atoms with Gasteiger partial charge in [0.1, 0.15) is 5.82 Å². The zero-order chi connectivity index (χ0) is 21.3. The first-order chi connectivity index (χ1) is 14.4. The van der Waals surface area contributed by atoms with Gasteiger partial charge in [0.2, 0.25) is 0 Å². The molecule has 1 atom stereocenters. The molecule has 0 bridgehead atoms. The number of carbonyl (C=O) groups is 1. The second-order valence-electron chi connectivity index (χ2n) is 8.06. The van der Waals surface area contributed by atoms with Crippen LogP contribution < -0.4 is 5.32 Å². The van der Waals surface area contributed by atoms with Crippen LogP contribution in [-0.4, -0.2) is 16.9 Å². The number of aromatic nitrogens is 1. The average molecular weight is 445 g/mol. The van der Waals surface area contributed by atoms with E-state index in [1.165, 1.54) is 11.6 Å². The Balaban J connectivity index is 1.40. The van der Waals surface area contributed by atoms with Gasteiger partial charge in [-0.1, -0.05) is 23.2 Å². The summed E-state index contributed by atoms with van der Waals surface area (Å²) in [4.78, 5) is 16.9. The van der Waals surface area contributed by atoms with Gasteiger partial charge in [0.05, 0.1) is 15.6 Å². The number of benzene rings is 2. The molecule has 3 nitrogen and oxygen atoms in total. The van der Waals surface area contributed by atoms with Crippen LogP contribution in [0.1, 0.15) is 54.4 Å². The smallest absolute Gasteiger partial charge is 0.251 e. The maximum Gasteiger partial charge on any atom is 0.251 e. The number of nitrogens with one attached hydrogen (secondary N) is 1. The summed E-state index contributed by atoms with van der Waals surface area (Å²) in [5.74, 6) is 0.409. The fourth-order valence-electron chi connectivity index (χ4n) is 4.47. The lowest BCUT2D eigenvalue weighted by Gasteiger charge is -2.33. The molecule has 0 saturated heterocycles. The normalized spacial score (nSPS) is 20.1. The molecule has 1 saturated carbocycles. The Bertz CT molecular complexity index is 1080. The van der Waals surface area contributed by atoms with E-state index < -0.39 is 0 Å². The van der Waals surface area contributed by atoms with Crippen LogP contribution >= 0.6 is 23.2 Å². The standard InChI is InChI=1S/C24H23Cl2FN2O/c1-14(29-24(30)17-6-8-21(25)22(26)12-17)15-2-4-16(5-3-15)19-10-11-28-23-9-7-18(27)13-20(19)23/h6-16H,2-5H2,1H3,(H,29,30)/t14-,15-,16-/m1/s1. The van der Waals surface area contributed by atoms with E-state index in [1.54, 1.807) is 30.3 Å². The zero-order valence-corrected chi connectivity index (χ0v) is 18.2. The summed E-state index contributed by atoms with van der Waals surface area (Å²) in [6, 6.07) is 11.8. The number of hydrogen-bond acceptors (Lipinski definition) is 2. The Hall–Kier alpha value is -2.17. The number of nitrogens with zero attached hydrogens (tertiary/aromatic N) is 1. The molecule has 0 unspecified atom stereocenters. The van der Waals surface area contributed by atoms with E-state index in [1.807, 2.05) is 12.3 Å². The molecule has 1 aliphatic rings. The van der Waals surface area contributed by atoms with E-state index in [2.05, 4.69) is 17.2 Å². The molecule has 0 aliphatic heterocycles. The number of pyridine rings is 1. The molecule has 1 aromatic heterocycles. The minimum Gasteiger partial charge on any atom is -0.349 e. The van der Waals surface area contributed by atoms with Gasteiger partial charge in [-0.25, -0.2) is 4.39 Å². The van der Waals surface area contributed by atoms with Gasteiger partial charge >= 0.3 is 0 Å². The molecule has 1 aliphatic carbocycles. The van der Waals surface area contributed by atoms with E-state index in [9.17, 15) is 9.18 Å². The van der Waals surface area contributed by atoms with Crippen LogP contribution in [0.15, 0.2) is 48.7 Å². The molecule has 6 heteroatoms. The lowest BCUT2D eigenvalue weighted by atomic mass is 9.75. The first-order valence-electron chi connectivity index (χ1n) is 10.2. The summed E-state index contributed by atoms with van der Waals surface area (Å²) in [6.45, 7) is 2.05. The molecule has 2 aromatic carbocycles. The maximum absolute atomic E-state index is 13.8. The third-order valence-electron chi connectivity index (χ3n) is 6.20. The largest absolute Gasteiger partial charge is 0.349 e. The van der Waals surface area contributed by atoms with Gasteiger partial charge in [-0.05, 0) is 92.5 Å². The van der Waals surface area contributed by atoms with Crippen molar-refractivity contribution in [3.8, 4) is 0 Å². The summed E-state index contributed by atoms with van der Waals surface area (Å²) >= 11 is 12.0. The minimum absolute atomic E-state index is 0.0551. The molecule has 156 valence electrons. The van der Waals surface area contributed by atoms with Crippen molar-refractivity contribution in [2.45, 2.75) is 44.6 Å². The van der Waals surface area contributed by atoms with Crippen molar-refractivity contribution in [1.82, 2.24) is 10.3 Å². The highest BCUT2D eigenvalue weighted by Gasteiger charge is 2.28. The van der Waals surface area contributed by atoms with Crippen LogP contribution in [0.5, 0.6) is 0 Å². The Kier molecular flexibility index (Phi) is 6.26. The van der Waals surface area contributed by atoms with Gasteiger partial charge in [0.15, 0.2) is 0 Å². The fourth-order valence-corrected chi connectivity index (χ4v) is 4.77. The van der Waals surface area contributed by atoms with Gasteiger partial charge < -0.3 is 5.32 Å². The molecule has 1 heterocycles. The quantitative estimate of drug-likeness (QED) is 0.481. The highest BCUT2D eigenvalue weighted by Crippen LogP contribution is 2.39. The Morgan fingerprint density at radius 3 is 2.57 bits per heavy atom. The Morgan fingerprint density at radius 2 is 1.83 bits per heavy atom. The van der Waals surface area contributed by atoms with Crippen LogP contribution in [0.2, 0.25) is 10.0 Å². The summed E-state index contributed by atoms with van der Waals surface area (Å²) in [7, 11) is 0. The van der Waals surface area contributed by atoms with Crippen molar-refractivity contribution >= 4 is 40.0 Å². The van der Waals surface area contributed by atoms with Crippen LogP contribution in [0.4, 0.5) is 4.39 Å². The highest BCUT2D eigenvalue weighted by atomic mass is 35.5. The van der Waals surface area contributed by atoms with Crippen molar-refractivity contribution in [3.63, 3.8) is 0 Å². The number of fused-ring (bicyclic) bond motifs is 1. The predicted molar refractivity (Wildman–Crippen MR) is 120 cm³/mol. The third-order valence-corrected chi connectivity index (χ3v) is 6.94. The lowest BCUT2D eigenvalue weighted by molar-refractivity contribution is 0.0918. The van der Waals surface area contributed by atoms with Crippen LogP contribution in [-0.2, 0) is 0 Å². The first-order valence-corrected chi connectivity index (χ1v) is 11.0. The third kappa shape index (κ3) is 4.45. The van der Waals surface area contributed by atoms with E-state index >= 15 is 0 Å². The lowest BCUT2D eigenvalue weighted by Crippen LogP contribution is -2.39. The number of amides is 1. The zero-order valence-electron chi connectivity index (χ0n) is 16.7. The van der Waals surface area contributed by atoms with Gasteiger partial charge in [-0.3, -0.25) is 9.78 Å². The number of hydrogen-bond donors (Lipinski definition) is 1. The molecule has 1 amide bonds. The molecule has 1 fully saturated rings. The van der Waals surface area contributed by atoms with Gasteiger partial charge in [0, 0.05) is 23.2 Å². The Labute approximate surface area is 185 Å². The average Bonchev–Trinajstić information content (AvgIpc) is 2.75. The minimum atomic E-state index is -0.232. The first kappa shape index (κ1) is 21.1. The Morgan fingerprint density at radius 1 is 1.07 bits per heavy atom. The highest BCUT2D eigenvalue weighted by molar-refractivity contribution is 6.42. The van der Waals surface area contributed by atoms with E-state index in [4.69, 9.17) is 23.2 Å².